The number of Topliss-reactive ketones (excluding diaryl/α,β-unsaturated/α-hetero) is 1. The number of halogens is 1. The van der Waals surface area contributed by atoms with Gasteiger partial charge in [-0.3, -0.25) is 9.59 Å². The molecule has 0 aliphatic rings. The van der Waals surface area contributed by atoms with Crippen molar-refractivity contribution in [2.24, 2.45) is 0 Å². The number of hydrogen-bond acceptors (Lipinski definition) is 3. The van der Waals surface area contributed by atoms with Gasteiger partial charge in [0.25, 0.3) is 0 Å². The molecule has 0 heterocycles. The third-order valence-electron chi connectivity index (χ3n) is 3.11. The molecular weight excluding hydrogens is 320 g/mol. The van der Waals surface area contributed by atoms with Crippen molar-refractivity contribution in [2.75, 3.05) is 0 Å². The summed E-state index contributed by atoms with van der Waals surface area (Å²) < 4.78 is 0. The molecule has 0 bridgehead atoms. The molecule has 114 valence electrons. The molecule has 3 nitrogen and oxygen atoms in total. The summed E-state index contributed by atoms with van der Waals surface area (Å²) in [7, 11) is 0. The summed E-state index contributed by atoms with van der Waals surface area (Å²) in [6, 6.07) is 14.0. The van der Waals surface area contributed by atoms with Gasteiger partial charge in [-0.1, -0.05) is 41.4 Å². The van der Waals surface area contributed by atoms with Crippen LogP contribution in [0.3, 0.4) is 0 Å². The van der Waals surface area contributed by atoms with Gasteiger partial charge < -0.3 is 5.11 Å². The summed E-state index contributed by atoms with van der Waals surface area (Å²) in [6.07, 6.45) is -0.0499. The van der Waals surface area contributed by atoms with Gasteiger partial charge in [0, 0.05) is 21.9 Å². The van der Waals surface area contributed by atoms with Gasteiger partial charge in [-0.25, -0.2) is 0 Å². The second-order valence-corrected chi connectivity index (χ2v) is 6.60. The Balaban J connectivity index is 2.08. The number of aryl methyl sites for hydroxylation is 1. The number of ketones is 1. The highest BCUT2D eigenvalue weighted by molar-refractivity contribution is 8.00. The molecule has 0 radical (unpaired) electrons. The Kier molecular flexibility index (Phi) is 5.63. The number of aliphatic carboxylic acids is 1. The molecule has 0 aromatic heterocycles. The minimum atomic E-state index is -1.000. The minimum Gasteiger partial charge on any atom is -0.480 e. The van der Waals surface area contributed by atoms with E-state index >= 15 is 0 Å². The van der Waals surface area contributed by atoms with Gasteiger partial charge in [-0.2, -0.15) is 0 Å². The van der Waals surface area contributed by atoms with E-state index in [0.29, 0.717) is 10.6 Å². The molecule has 0 saturated heterocycles. The van der Waals surface area contributed by atoms with Gasteiger partial charge in [0.1, 0.15) is 5.25 Å². The van der Waals surface area contributed by atoms with Crippen molar-refractivity contribution >= 4 is 35.1 Å². The Morgan fingerprint density at radius 1 is 1.09 bits per heavy atom. The molecule has 0 fully saturated rings. The molecule has 0 spiro atoms. The first-order chi connectivity index (χ1) is 10.5. The Bertz CT molecular complexity index is 665. The summed E-state index contributed by atoms with van der Waals surface area (Å²) in [5.41, 5.74) is 1.59. The Labute approximate surface area is 138 Å². The van der Waals surface area contributed by atoms with Gasteiger partial charge in [0.05, 0.1) is 0 Å². The molecular formula is C17H15ClO3S. The fourth-order valence-corrected chi connectivity index (χ4v) is 2.97. The number of rotatable bonds is 6. The molecule has 0 saturated carbocycles. The summed E-state index contributed by atoms with van der Waals surface area (Å²) in [4.78, 5) is 24.4. The highest BCUT2D eigenvalue weighted by atomic mass is 35.5. The van der Waals surface area contributed by atoms with Crippen LogP contribution < -0.4 is 0 Å². The smallest absolute Gasteiger partial charge is 0.317 e. The summed E-state index contributed by atoms with van der Waals surface area (Å²) in [5, 5.41) is 9.10. The van der Waals surface area contributed by atoms with Crippen molar-refractivity contribution in [1.82, 2.24) is 0 Å². The lowest BCUT2D eigenvalue weighted by molar-refractivity contribution is -0.136. The van der Waals surface area contributed by atoms with Crippen LogP contribution >= 0.6 is 23.4 Å². The average Bonchev–Trinajstić information content (AvgIpc) is 2.49. The van der Waals surface area contributed by atoms with Crippen molar-refractivity contribution in [1.29, 1.82) is 0 Å². The fraction of sp³-hybridized carbons (Fsp3) is 0.176. The van der Waals surface area contributed by atoms with Gasteiger partial charge in [0.2, 0.25) is 0 Å². The highest BCUT2D eigenvalue weighted by Crippen LogP contribution is 2.28. The van der Waals surface area contributed by atoms with E-state index in [4.69, 9.17) is 11.6 Å². The van der Waals surface area contributed by atoms with Crippen LogP contribution in [0.25, 0.3) is 0 Å². The Hall–Kier alpha value is -1.78. The standard InChI is InChI=1S/C17H15ClO3S/c1-11-2-4-12(5-3-11)15(19)10-16(17(20)21)22-14-8-6-13(18)7-9-14/h2-9,16H,10H2,1H3,(H,20,21)/t16-/m0/s1. The third-order valence-corrected chi connectivity index (χ3v) is 4.56. The van der Waals surface area contributed by atoms with E-state index in [1.165, 1.54) is 0 Å². The fourth-order valence-electron chi connectivity index (χ4n) is 1.88. The van der Waals surface area contributed by atoms with Gasteiger partial charge in [0.15, 0.2) is 5.78 Å². The van der Waals surface area contributed by atoms with E-state index in [-0.39, 0.29) is 12.2 Å². The van der Waals surface area contributed by atoms with E-state index in [0.717, 1.165) is 22.2 Å². The summed E-state index contributed by atoms with van der Waals surface area (Å²) >= 11 is 6.96. The Morgan fingerprint density at radius 2 is 1.68 bits per heavy atom. The molecule has 0 aliphatic heterocycles. The monoisotopic (exact) mass is 334 g/mol. The minimum absolute atomic E-state index is 0.0499. The summed E-state index contributed by atoms with van der Waals surface area (Å²) in [5.74, 6) is -1.17. The van der Waals surface area contributed by atoms with Crippen LogP contribution in [0.1, 0.15) is 22.3 Å². The van der Waals surface area contributed by atoms with Crippen molar-refractivity contribution in [3.8, 4) is 0 Å². The topological polar surface area (TPSA) is 54.4 Å². The first-order valence-corrected chi connectivity index (χ1v) is 7.96. The zero-order chi connectivity index (χ0) is 16.1. The molecule has 1 atom stereocenters. The molecule has 2 aromatic carbocycles. The maximum Gasteiger partial charge on any atom is 0.317 e. The number of carboxylic acid groups (broad SMARTS) is 1. The number of carbonyl (C=O) groups excluding carboxylic acids is 1. The number of benzene rings is 2. The second kappa shape index (κ2) is 7.47. The zero-order valence-corrected chi connectivity index (χ0v) is 13.5. The van der Waals surface area contributed by atoms with Crippen LogP contribution in [0, 0.1) is 6.92 Å². The van der Waals surface area contributed by atoms with E-state index in [1.54, 1.807) is 36.4 Å². The molecule has 0 amide bonds. The van der Waals surface area contributed by atoms with Crippen LogP contribution in [0.2, 0.25) is 5.02 Å². The molecule has 0 aliphatic carbocycles. The van der Waals surface area contributed by atoms with Crippen molar-refractivity contribution < 1.29 is 14.7 Å². The van der Waals surface area contributed by atoms with Crippen molar-refractivity contribution in [3.63, 3.8) is 0 Å². The lowest BCUT2D eigenvalue weighted by Crippen LogP contribution is -2.20. The van der Waals surface area contributed by atoms with Crippen LogP contribution in [0.15, 0.2) is 53.4 Å². The van der Waals surface area contributed by atoms with Crippen LogP contribution in [0.4, 0.5) is 0 Å². The Morgan fingerprint density at radius 3 is 2.23 bits per heavy atom. The quantitative estimate of drug-likeness (QED) is 0.625. The molecule has 22 heavy (non-hydrogen) atoms. The lowest BCUT2D eigenvalue weighted by Gasteiger charge is -2.11. The molecule has 5 heteroatoms. The van der Waals surface area contributed by atoms with Crippen LogP contribution in [-0.4, -0.2) is 22.1 Å². The number of thioether (sulfide) groups is 1. The zero-order valence-electron chi connectivity index (χ0n) is 12.0. The first-order valence-electron chi connectivity index (χ1n) is 6.70. The predicted molar refractivity (Wildman–Crippen MR) is 88.9 cm³/mol. The van der Waals surface area contributed by atoms with E-state index in [9.17, 15) is 14.7 Å². The van der Waals surface area contributed by atoms with Gasteiger partial charge >= 0.3 is 5.97 Å². The molecule has 0 unspecified atom stereocenters. The van der Waals surface area contributed by atoms with Crippen molar-refractivity contribution in [3.05, 3.63) is 64.7 Å². The normalized spacial score (nSPS) is 11.9. The first kappa shape index (κ1) is 16.6. The maximum absolute atomic E-state index is 12.2. The summed E-state index contributed by atoms with van der Waals surface area (Å²) in [6.45, 7) is 1.94. The lowest BCUT2D eigenvalue weighted by atomic mass is 10.1. The molecule has 2 rings (SSSR count). The third kappa shape index (κ3) is 4.61. The van der Waals surface area contributed by atoms with E-state index in [1.807, 2.05) is 19.1 Å². The highest BCUT2D eigenvalue weighted by Gasteiger charge is 2.23. The average molecular weight is 335 g/mol. The van der Waals surface area contributed by atoms with Gasteiger partial charge in [-0.05, 0) is 31.2 Å². The van der Waals surface area contributed by atoms with Gasteiger partial charge in [-0.15, -0.1) is 11.8 Å². The second-order valence-electron chi connectivity index (χ2n) is 4.89. The van der Waals surface area contributed by atoms with Crippen LogP contribution in [-0.2, 0) is 4.79 Å². The van der Waals surface area contributed by atoms with E-state index < -0.39 is 11.2 Å². The predicted octanol–water partition coefficient (Wildman–Crippen LogP) is 4.47. The number of carboxylic acids is 1. The molecule has 1 N–H and O–H groups in total. The SMILES string of the molecule is Cc1ccc(C(=O)C[C@H](Sc2ccc(Cl)cc2)C(=O)O)cc1. The number of hydrogen-bond donors (Lipinski definition) is 1. The van der Waals surface area contributed by atoms with E-state index in [2.05, 4.69) is 0 Å². The van der Waals surface area contributed by atoms with Crippen molar-refractivity contribution in [2.45, 2.75) is 23.5 Å². The van der Waals surface area contributed by atoms with Crippen LogP contribution in [0.5, 0.6) is 0 Å². The number of carbonyl (C=O) groups is 2. The molecule has 2 aromatic rings. The largest absolute Gasteiger partial charge is 0.480 e. The maximum atomic E-state index is 12.2.